The highest BCUT2D eigenvalue weighted by molar-refractivity contribution is 7.17. The monoisotopic (exact) mass is 476 g/mol. The summed E-state index contributed by atoms with van der Waals surface area (Å²) in [5, 5.41) is 2.52. The van der Waals surface area contributed by atoms with Crippen LogP contribution in [0.4, 0.5) is 10.1 Å². The van der Waals surface area contributed by atoms with E-state index in [2.05, 4.69) is 35.9 Å². The number of nitrogens with zero attached hydrogens (tertiary/aromatic N) is 4. The summed E-state index contributed by atoms with van der Waals surface area (Å²) in [5.74, 6) is -0.371. The maximum absolute atomic E-state index is 13.3. The number of carbonyl (C=O) groups is 1. The molecule has 8 heteroatoms. The first-order valence-electron chi connectivity index (χ1n) is 11.2. The molecule has 2 aromatic heterocycles. The molecule has 1 saturated heterocycles. The Morgan fingerprint density at radius 1 is 1.03 bits per heavy atom. The summed E-state index contributed by atoms with van der Waals surface area (Å²) in [4.78, 5) is 35.4. The number of anilines is 1. The SMILES string of the molecule is Cc1ccc(-c2csc3ncn(CC(=O)N4CCN(c5ccc(F)cc5)CC4)c(=O)c23)cc1C. The summed E-state index contributed by atoms with van der Waals surface area (Å²) in [6.07, 6.45) is 1.47. The van der Waals surface area contributed by atoms with Crippen molar-refractivity contribution in [2.24, 2.45) is 0 Å². The highest BCUT2D eigenvalue weighted by Crippen LogP contribution is 2.31. The van der Waals surface area contributed by atoms with Gasteiger partial charge in [0.1, 0.15) is 17.2 Å². The molecule has 6 nitrogen and oxygen atoms in total. The normalized spacial score (nSPS) is 14.1. The van der Waals surface area contributed by atoms with Gasteiger partial charge in [0.15, 0.2) is 0 Å². The van der Waals surface area contributed by atoms with Crippen LogP contribution in [-0.2, 0) is 11.3 Å². The number of thiophene rings is 1. The average Bonchev–Trinajstić information content (AvgIpc) is 3.28. The summed E-state index contributed by atoms with van der Waals surface area (Å²) in [6.45, 7) is 6.49. The van der Waals surface area contributed by atoms with E-state index in [9.17, 15) is 14.0 Å². The number of aromatic nitrogens is 2. The molecule has 174 valence electrons. The first-order valence-corrected chi connectivity index (χ1v) is 12.1. The van der Waals surface area contributed by atoms with E-state index in [-0.39, 0.29) is 23.8 Å². The van der Waals surface area contributed by atoms with Gasteiger partial charge in [0.25, 0.3) is 5.56 Å². The summed E-state index contributed by atoms with van der Waals surface area (Å²) in [6, 6.07) is 12.5. The van der Waals surface area contributed by atoms with Gasteiger partial charge in [-0.25, -0.2) is 9.37 Å². The Hall–Kier alpha value is -3.52. The summed E-state index contributed by atoms with van der Waals surface area (Å²) < 4.78 is 14.6. The standard InChI is InChI=1S/C26H25FN4O2S/c1-17-3-4-19(13-18(17)2)22-15-34-25-24(22)26(33)31(16-28-25)14-23(32)30-11-9-29(10-12-30)21-7-5-20(27)6-8-21/h3-8,13,15-16H,9-12,14H2,1-2H3. The van der Waals surface area contributed by atoms with Crippen molar-refractivity contribution in [3.8, 4) is 11.1 Å². The first-order chi connectivity index (χ1) is 16.4. The number of piperazine rings is 1. The predicted molar refractivity (Wildman–Crippen MR) is 134 cm³/mol. The van der Waals surface area contributed by atoms with Gasteiger partial charge in [-0.05, 0) is 54.8 Å². The molecule has 3 heterocycles. The Kier molecular flexibility index (Phi) is 5.91. The molecule has 0 unspecified atom stereocenters. The van der Waals surface area contributed by atoms with E-state index in [0.29, 0.717) is 36.4 Å². The van der Waals surface area contributed by atoms with Gasteiger partial charge in [0.2, 0.25) is 5.91 Å². The van der Waals surface area contributed by atoms with Crippen molar-refractivity contribution in [2.75, 3.05) is 31.1 Å². The third-order valence-corrected chi connectivity index (χ3v) is 7.39. The van der Waals surface area contributed by atoms with Gasteiger partial charge in [-0.15, -0.1) is 11.3 Å². The molecule has 0 atom stereocenters. The van der Waals surface area contributed by atoms with Crippen LogP contribution in [0.3, 0.4) is 0 Å². The summed E-state index contributed by atoms with van der Waals surface area (Å²) in [7, 11) is 0. The number of fused-ring (bicyclic) bond motifs is 1. The predicted octanol–water partition coefficient (Wildman–Crippen LogP) is 4.23. The molecule has 5 rings (SSSR count). The second kappa shape index (κ2) is 9.02. The number of rotatable bonds is 4. The molecule has 0 N–H and O–H groups in total. The molecule has 2 aromatic carbocycles. The van der Waals surface area contributed by atoms with Crippen molar-refractivity contribution in [3.63, 3.8) is 0 Å². The molecule has 1 aliphatic heterocycles. The number of benzene rings is 2. The van der Waals surface area contributed by atoms with Gasteiger partial charge in [0.05, 0.1) is 11.7 Å². The molecular formula is C26H25FN4O2S. The number of hydrogen-bond acceptors (Lipinski definition) is 5. The van der Waals surface area contributed by atoms with Crippen LogP contribution in [0.15, 0.2) is 59.0 Å². The zero-order valence-corrected chi connectivity index (χ0v) is 19.9. The van der Waals surface area contributed by atoms with Crippen molar-refractivity contribution in [2.45, 2.75) is 20.4 Å². The maximum atomic E-state index is 13.3. The van der Waals surface area contributed by atoms with E-state index in [0.717, 1.165) is 22.4 Å². The number of halogens is 1. The molecule has 0 radical (unpaired) electrons. The van der Waals surface area contributed by atoms with Gasteiger partial charge >= 0.3 is 0 Å². The molecule has 4 aromatic rings. The number of hydrogen-bond donors (Lipinski definition) is 0. The van der Waals surface area contributed by atoms with E-state index in [1.165, 1.54) is 39.9 Å². The van der Waals surface area contributed by atoms with Crippen LogP contribution >= 0.6 is 11.3 Å². The molecule has 0 saturated carbocycles. The molecule has 0 spiro atoms. The molecular weight excluding hydrogens is 451 g/mol. The number of carbonyl (C=O) groups excluding carboxylic acids is 1. The minimum atomic E-state index is -0.264. The highest BCUT2D eigenvalue weighted by Gasteiger charge is 2.23. The molecule has 1 amide bonds. The fourth-order valence-corrected chi connectivity index (χ4v) is 5.22. The zero-order valence-electron chi connectivity index (χ0n) is 19.1. The number of aryl methyl sites for hydroxylation is 2. The van der Waals surface area contributed by atoms with Gasteiger partial charge in [-0.1, -0.05) is 18.2 Å². The topological polar surface area (TPSA) is 58.4 Å². The van der Waals surface area contributed by atoms with Gasteiger partial charge in [-0.2, -0.15) is 0 Å². The van der Waals surface area contributed by atoms with E-state index < -0.39 is 0 Å². The lowest BCUT2D eigenvalue weighted by molar-refractivity contribution is -0.132. The van der Waals surface area contributed by atoms with Gasteiger partial charge < -0.3 is 9.80 Å². The Labute approximate surface area is 200 Å². The number of amides is 1. The summed E-state index contributed by atoms with van der Waals surface area (Å²) >= 11 is 1.44. The average molecular weight is 477 g/mol. The minimum Gasteiger partial charge on any atom is -0.368 e. The van der Waals surface area contributed by atoms with Crippen molar-refractivity contribution in [1.82, 2.24) is 14.5 Å². The fraction of sp³-hybridized carbons (Fsp3) is 0.269. The molecule has 1 aliphatic rings. The van der Waals surface area contributed by atoms with Crippen molar-refractivity contribution in [1.29, 1.82) is 0 Å². The molecule has 34 heavy (non-hydrogen) atoms. The largest absolute Gasteiger partial charge is 0.368 e. The third kappa shape index (κ3) is 4.21. The van der Waals surface area contributed by atoms with E-state index in [4.69, 9.17) is 0 Å². The molecule has 0 aliphatic carbocycles. The van der Waals surface area contributed by atoms with Crippen LogP contribution < -0.4 is 10.5 Å². The Balaban J connectivity index is 1.33. The fourth-order valence-electron chi connectivity index (χ4n) is 4.31. The highest BCUT2D eigenvalue weighted by atomic mass is 32.1. The second-order valence-corrected chi connectivity index (χ2v) is 9.51. The lowest BCUT2D eigenvalue weighted by atomic mass is 10.0. The van der Waals surface area contributed by atoms with Crippen LogP contribution in [0.5, 0.6) is 0 Å². The lowest BCUT2D eigenvalue weighted by Crippen LogP contribution is -2.50. The quantitative estimate of drug-likeness (QED) is 0.442. The van der Waals surface area contributed by atoms with Crippen LogP contribution in [0.2, 0.25) is 0 Å². The maximum Gasteiger partial charge on any atom is 0.263 e. The lowest BCUT2D eigenvalue weighted by Gasteiger charge is -2.36. The van der Waals surface area contributed by atoms with Crippen LogP contribution in [0, 0.1) is 19.7 Å². The molecule has 1 fully saturated rings. The van der Waals surface area contributed by atoms with Crippen molar-refractivity contribution < 1.29 is 9.18 Å². The van der Waals surface area contributed by atoms with Gasteiger partial charge in [0, 0.05) is 42.8 Å². The Bertz CT molecular complexity index is 1420. The van der Waals surface area contributed by atoms with E-state index >= 15 is 0 Å². The van der Waals surface area contributed by atoms with E-state index in [1.54, 1.807) is 17.0 Å². The van der Waals surface area contributed by atoms with Crippen molar-refractivity contribution >= 4 is 33.1 Å². The van der Waals surface area contributed by atoms with Crippen LogP contribution in [0.25, 0.3) is 21.3 Å². The summed E-state index contributed by atoms with van der Waals surface area (Å²) in [5.41, 5.74) is 4.94. The molecule has 0 bridgehead atoms. The zero-order chi connectivity index (χ0) is 23.8. The Morgan fingerprint density at radius 2 is 1.76 bits per heavy atom. The van der Waals surface area contributed by atoms with Gasteiger partial charge in [-0.3, -0.25) is 14.2 Å². The van der Waals surface area contributed by atoms with E-state index in [1.807, 2.05) is 11.4 Å². The van der Waals surface area contributed by atoms with Crippen LogP contribution in [0.1, 0.15) is 11.1 Å². The second-order valence-electron chi connectivity index (χ2n) is 8.65. The van der Waals surface area contributed by atoms with Crippen molar-refractivity contribution in [3.05, 3.63) is 81.5 Å². The third-order valence-electron chi connectivity index (χ3n) is 6.51. The van der Waals surface area contributed by atoms with Crippen LogP contribution in [-0.4, -0.2) is 46.5 Å². The smallest absolute Gasteiger partial charge is 0.263 e. The first kappa shape index (κ1) is 22.3. The Morgan fingerprint density at radius 3 is 2.47 bits per heavy atom. The minimum absolute atomic E-state index is 0.0411.